The molecular formula is C18H20F3N3O. The minimum Gasteiger partial charge on any atom is -0.344 e. The highest BCUT2D eigenvalue weighted by molar-refractivity contribution is 5.81. The fourth-order valence-corrected chi connectivity index (χ4v) is 4.45. The fraction of sp³-hybridized carbons (Fsp3) is 0.556. The number of halogens is 3. The van der Waals surface area contributed by atoms with Gasteiger partial charge in [0.15, 0.2) is 0 Å². The lowest BCUT2D eigenvalue weighted by Gasteiger charge is -2.52. The molecule has 25 heavy (non-hydrogen) atoms. The van der Waals surface area contributed by atoms with Gasteiger partial charge in [-0.1, -0.05) is 0 Å². The molecule has 1 saturated heterocycles. The van der Waals surface area contributed by atoms with Crippen molar-refractivity contribution in [3.8, 4) is 0 Å². The van der Waals surface area contributed by atoms with Gasteiger partial charge < -0.3 is 9.47 Å². The molecule has 7 heteroatoms. The van der Waals surface area contributed by atoms with E-state index in [1.54, 1.807) is 24.1 Å². The molecule has 1 aliphatic carbocycles. The molecule has 0 N–H and O–H groups in total. The number of carbonyl (C=O) groups excluding carboxylic acids is 1. The van der Waals surface area contributed by atoms with Crippen LogP contribution in [0.5, 0.6) is 0 Å². The summed E-state index contributed by atoms with van der Waals surface area (Å²) in [4.78, 5) is 17.1. The molecule has 0 bridgehead atoms. The highest BCUT2D eigenvalue weighted by Gasteiger charge is 2.45. The van der Waals surface area contributed by atoms with Crippen LogP contribution in [0.25, 0.3) is 11.0 Å². The number of nitrogens with zero attached hydrogens (tertiary/aromatic N) is 3. The first kappa shape index (κ1) is 16.4. The summed E-state index contributed by atoms with van der Waals surface area (Å²) in [6.45, 7) is 1.67. The van der Waals surface area contributed by atoms with Crippen LogP contribution in [0.2, 0.25) is 0 Å². The predicted octanol–water partition coefficient (Wildman–Crippen LogP) is 3.71. The summed E-state index contributed by atoms with van der Waals surface area (Å²) in [6, 6.07) is 3.31. The molecule has 0 radical (unpaired) electrons. The van der Waals surface area contributed by atoms with Gasteiger partial charge >= 0.3 is 6.18 Å². The number of carbonyl (C=O) groups is 1. The van der Waals surface area contributed by atoms with Crippen LogP contribution >= 0.6 is 0 Å². The summed E-state index contributed by atoms with van der Waals surface area (Å²) in [5.74, 6) is 0.282. The van der Waals surface area contributed by atoms with Gasteiger partial charge in [-0.15, -0.1) is 0 Å². The molecule has 2 aromatic rings. The number of alkyl halides is 3. The van der Waals surface area contributed by atoms with Crippen molar-refractivity contribution in [2.45, 2.75) is 37.8 Å². The van der Waals surface area contributed by atoms with E-state index < -0.39 is 11.7 Å². The third-order valence-electron chi connectivity index (χ3n) is 5.84. The second-order valence-electron chi connectivity index (χ2n) is 7.54. The summed E-state index contributed by atoms with van der Waals surface area (Å²) in [7, 11) is 1.60. The number of likely N-dealkylation sites (tertiary alicyclic amines) is 1. The quantitative estimate of drug-likeness (QED) is 0.774. The molecule has 1 amide bonds. The highest BCUT2D eigenvalue weighted by Crippen LogP contribution is 2.47. The average Bonchev–Trinajstić information content (AvgIpc) is 2.89. The van der Waals surface area contributed by atoms with E-state index in [0.717, 1.165) is 57.1 Å². The van der Waals surface area contributed by atoms with Crippen molar-refractivity contribution in [1.82, 2.24) is 14.5 Å². The average molecular weight is 351 g/mol. The van der Waals surface area contributed by atoms with Crippen molar-refractivity contribution in [2.24, 2.45) is 12.5 Å². The fourth-order valence-electron chi connectivity index (χ4n) is 4.45. The Morgan fingerprint density at radius 3 is 2.52 bits per heavy atom. The van der Waals surface area contributed by atoms with Crippen LogP contribution in [0.1, 0.15) is 42.9 Å². The molecule has 2 aliphatic rings. The number of hydrogen-bond donors (Lipinski definition) is 0. The number of aryl methyl sites for hydroxylation is 1. The zero-order valence-electron chi connectivity index (χ0n) is 14.0. The maximum absolute atomic E-state index is 13.1. The first-order valence-corrected chi connectivity index (χ1v) is 8.54. The molecule has 4 rings (SSSR count). The van der Waals surface area contributed by atoms with Crippen molar-refractivity contribution in [3.63, 3.8) is 0 Å². The first-order chi connectivity index (χ1) is 11.8. The first-order valence-electron chi connectivity index (χ1n) is 8.54. The van der Waals surface area contributed by atoms with Crippen LogP contribution < -0.4 is 0 Å². The number of fused-ring (bicyclic) bond motifs is 1. The molecule has 2 fully saturated rings. The molecule has 1 spiro atoms. The Hall–Kier alpha value is -2.05. The van der Waals surface area contributed by atoms with Crippen molar-refractivity contribution in [2.75, 3.05) is 13.1 Å². The molecule has 0 unspecified atom stereocenters. The normalized spacial score (nSPS) is 20.9. The third kappa shape index (κ3) is 2.69. The van der Waals surface area contributed by atoms with E-state index in [1.165, 1.54) is 4.57 Å². The van der Waals surface area contributed by atoms with Crippen LogP contribution in [0, 0.1) is 5.41 Å². The number of amides is 1. The SMILES string of the molecule is Cn1cc(C(F)(F)F)c2ccc(C3CCC4(CC3)CN(C=O)C4)nc21. The van der Waals surface area contributed by atoms with Gasteiger partial charge in [-0.25, -0.2) is 4.98 Å². The van der Waals surface area contributed by atoms with E-state index in [4.69, 9.17) is 0 Å². The third-order valence-corrected chi connectivity index (χ3v) is 5.84. The lowest BCUT2D eigenvalue weighted by atomic mass is 9.65. The maximum Gasteiger partial charge on any atom is 0.418 e. The maximum atomic E-state index is 13.1. The van der Waals surface area contributed by atoms with Crippen molar-refractivity contribution >= 4 is 17.4 Å². The number of hydrogen-bond acceptors (Lipinski definition) is 2. The Balaban J connectivity index is 1.55. The van der Waals surface area contributed by atoms with Gasteiger partial charge in [0.25, 0.3) is 0 Å². The van der Waals surface area contributed by atoms with Gasteiger partial charge in [0, 0.05) is 48.7 Å². The lowest BCUT2D eigenvalue weighted by molar-refractivity contribution is -0.136. The summed E-state index contributed by atoms with van der Waals surface area (Å²) in [5.41, 5.74) is 0.899. The molecule has 2 aromatic heterocycles. The van der Waals surface area contributed by atoms with Crippen LogP contribution in [0.15, 0.2) is 18.3 Å². The molecule has 1 aliphatic heterocycles. The van der Waals surface area contributed by atoms with Crippen LogP contribution in [-0.2, 0) is 18.0 Å². The number of rotatable bonds is 2. The van der Waals surface area contributed by atoms with E-state index in [-0.39, 0.29) is 16.7 Å². The Kier molecular flexibility index (Phi) is 3.60. The Morgan fingerprint density at radius 1 is 1.24 bits per heavy atom. The van der Waals surface area contributed by atoms with E-state index in [2.05, 4.69) is 4.98 Å². The monoisotopic (exact) mass is 351 g/mol. The van der Waals surface area contributed by atoms with Gasteiger partial charge in [-0.3, -0.25) is 4.79 Å². The van der Waals surface area contributed by atoms with Crippen LogP contribution in [-0.4, -0.2) is 34.0 Å². The second kappa shape index (κ2) is 5.47. The molecule has 0 aromatic carbocycles. The smallest absolute Gasteiger partial charge is 0.344 e. The zero-order chi connectivity index (χ0) is 17.8. The van der Waals surface area contributed by atoms with Crippen LogP contribution in [0.4, 0.5) is 13.2 Å². The second-order valence-corrected chi connectivity index (χ2v) is 7.54. The van der Waals surface area contributed by atoms with Gasteiger partial charge in [0.05, 0.1) is 5.56 Å². The minimum atomic E-state index is -4.37. The predicted molar refractivity (Wildman–Crippen MR) is 87.0 cm³/mol. The van der Waals surface area contributed by atoms with Crippen molar-refractivity contribution in [1.29, 1.82) is 0 Å². The lowest BCUT2D eigenvalue weighted by Crippen LogP contribution is -2.56. The van der Waals surface area contributed by atoms with E-state index in [0.29, 0.717) is 5.65 Å². The van der Waals surface area contributed by atoms with Gasteiger partial charge in [0.2, 0.25) is 6.41 Å². The minimum absolute atomic E-state index is 0.159. The zero-order valence-corrected chi connectivity index (χ0v) is 14.0. The summed E-state index contributed by atoms with van der Waals surface area (Å²) < 4.78 is 40.8. The Morgan fingerprint density at radius 2 is 1.92 bits per heavy atom. The van der Waals surface area contributed by atoms with E-state index in [1.807, 2.05) is 0 Å². The highest BCUT2D eigenvalue weighted by atomic mass is 19.4. The van der Waals surface area contributed by atoms with E-state index in [9.17, 15) is 18.0 Å². The number of aromatic nitrogens is 2. The van der Waals surface area contributed by atoms with Crippen molar-refractivity contribution < 1.29 is 18.0 Å². The summed E-state index contributed by atoms with van der Waals surface area (Å²) in [6.07, 6.45) is 1.68. The van der Waals surface area contributed by atoms with Gasteiger partial charge in [-0.2, -0.15) is 13.2 Å². The Labute approximate surface area is 143 Å². The number of pyridine rings is 1. The van der Waals surface area contributed by atoms with Gasteiger partial charge in [-0.05, 0) is 37.8 Å². The molecular weight excluding hydrogens is 331 g/mol. The topological polar surface area (TPSA) is 38.1 Å². The summed E-state index contributed by atoms with van der Waals surface area (Å²) >= 11 is 0. The summed E-state index contributed by atoms with van der Waals surface area (Å²) in [5, 5.41) is 0.159. The molecule has 1 saturated carbocycles. The van der Waals surface area contributed by atoms with Crippen LogP contribution in [0.3, 0.4) is 0 Å². The molecule has 134 valence electrons. The molecule has 0 atom stereocenters. The standard InChI is InChI=1S/C18H20F3N3O/c1-23-8-14(18(19,20)21)13-2-3-15(22-16(13)23)12-4-6-17(7-5-12)9-24(10-17)11-25/h2-3,8,11-12H,4-7,9-10H2,1H3. The Bertz CT molecular complexity index is 811. The van der Waals surface area contributed by atoms with Crippen molar-refractivity contribution in [3.05, 3.63) is 29.6 Å². The molecule has 4 nitrogen and oxygen atoms in total. The van der Waals surface area contributed by atoms with Gasteiger partial charge in [0.1, 0.15) is 5.65 Å². The van der Waals surface area contributed by atoms with E-state index >= 15 is 0 Å². The molecule has 3 heterocycles. The largest absolute Gasteiger partial charge is 0.418 e.